The maximum Gasteiger partial charge on any atom is 0.244 e. The fourth-order valence-electron chi connectivity index (χ4n) is 1.66. The highest BCUT2D eigenvalue weighted by Crippen LogP contribution is 2.17. The summed E-state index contributed by atoms with van der Waals surface area (Å²) in [7, 11) is 0. The van der Waals surface area contributed by atoms with Gasteiger partial charge in [0.15, 0.2) is 0 Å². The molecule has 0 saturated carbocycles. The highest BCUT2D eigenvalue weighted by molar-refractivity contribution is 9.10. The molecule has 1 aromatic carbocycles. The van der Waals surface area contributed by atoms with E-state index in [2.05, 4.69) is 21.2 Å². The number of halogens is 1. The molecule has 0 unspecified atom stereocenters. The van der Waals surface area contributed by atoms with Gasteiger partial charge in [-0.15, -0.1) is 0 Å². The molecule has 0 saturated heterocycles. The van der Waals surface area contributed by atoms with Gasteiger partial charge in [-0.3, -0.25) is 4.79 Å². The smallest absolute Gasteiger partial charge is 0.244 e. The number of hydrogen-bond donors (Lipinski definition) is 1. The molecule has 1 amide bonds. The molecule has 0 radical (unpaired) electrons. The van der Waals surface area contributed by atoms with Crippen molar-refractivity contribution in [1.82, 2.24) is 5.32 Å². The van der Waals surface area contributed by atoms with E-state index in [1.165, 1.54) is 6.08 Å². The Balaban J connectivity index is 1.68. The molecule has 0 aliphatic carbocycles. The van der Waals surface area contributed by atoms with Crippen molar-refractivity contribution in [1.29, 1.82) is 0 Å². The van der Waals surface area contributed by atoms with Gasteiger partial charge >= 0.3 is 0 Å². The molecule has 21 heavy (non-hydrogen) atoms. The Hall–Kier alpha value is -2.01. The highest BCUT2D eigenvalue weighted by Gasteiger charge is 1.98. The molecule has 0 spiro atoms. The van der Waals surface area contributed by atoms with Crippen molar-refractivity contribution in [2.45, 2.75) is 6.92 Å². The number of carbonyl (C=O) groups excluding carboxylic acids is 1. The van der Waals surface area contributed by atoms with Crippen LogP contribution >= 0.6 is 15.9 Å². The van der Waals surface area contributed by atoms with Crippen molar-refractivity contribution < 1.29 is 13.9 Å². The summed E-state index contributed by atoms with van der Waals surface area (Å²) in [5.74, 6) is 2.06. The van der Waals surface area contributed by atoms with E-state index in [4.69, 9.17) is 9.15 Å². The number of benzene rings is 1. The number of carbonyl (C=O) groups is 1. The lowest BCUT2D eigenvalue weighted by atomic mass is 10.3. The second kappa shape index (κ2) is 7.69. The SMILES string of the molecule is Cc1ccc(/C=C/C(=O)NCCOc2cccc(Br)c2)o1. The number of ether oxygens (including phenoxy) is 1. The van der Waals surface area contributed by atoms with Crippen LogP contribution in [-0.4, -0.2) is 19.1 Å². The minimum Gasteiger partial charge on any atom is -0.492 e. The van der Waals surface area contributed by atoms with Crippen LogP contribution < -0.4 is 10.1 Å². The normalized spacial score (nSPS) is 10.8. The summed E-state index contributed by atoms with van der Waals surface area (Å²) in [6.45, 7) is 2.71. The fourth-order valence-corrected chi connectivity index (χ4v) is 2.04. The molecule has 0 fully saturated rings. The predicted octanol–water partition coefficient (Wildman–Crippen LogP) is 3.56. The van der Waals surface area contributed by atoms with E-state index >= 15 is 0 Å². The number of rotatable bonds is 6. The van der Waals surface area contributed by atoms with E-state index in [-0.39, 0.29) is 5.91 Å². The number of aryl methyl sites for hydroxylation is 1. The molecule has 1 heterocycles. The molecular formula is C16H16BrNO3. The van der Waals surface area contributed by atoms with Crippen molar-refractivity contribution in [3.8, 4) is 5.75 Å². The lowest BCUT2D eigenvalue weighted by Gasteiger charge is -2.06. The van der Waals surface area contributed by atoms with Crippen molar-refractivity contribution in [3.05, 3.63) is 58.5 Å². The number of nitrogens with one attached hydrogen (secondary N) is 1. The maximum atomic E-state index is 11.6. The lowest BCUT2D eigenvalue weighted by Crippen LogP contribution is -2.26. The van der Waals surface area contributed by atoms with Crippen molar-refractivity contribution in [2.24, 2.45) is 0 Å². The number of furan rings is 1. The molecule has 5 heteroatoms. The molecule has 0 aliphatic rings. The first kappa shape index (κ1) is 15.4. The third kappa shape index (κ3) is 5.47. The average molecular weight is 350 g/mol. The highest BCUT2D eigenvalue weighted by atomic mass is 79.9. The van der Waals surface area contributed by atoms with E-state index in [0.717, 1.165) is 16.0 Å². The van der Waals surface area contributed by atoms with E-state index in [0.29, 0.717) is 18.9 Å². The monoisotopic (exact) mass is 349 g/mol. The van der Waals surface area contributed by atoms with E-state index in [9.17, 15) is 4.79 Å². The minimum absolute atomic E-state index is 0.179. The zero-order chi connectivity index (χ0) is 15.1. The number of amides is 1. The first-order valence-electron chi connectivity index (χ1n) is 6.54. The van der Waals surface area contributed by atoms with Crippen LogP contribution in [0.5, 0.6) is 5.75 Å². The van der Waals surface area contributed by atoms with Gasteiger partial charge in [-0.2, -0.15) is 0 Å². The van der Waals surface area contributed by atoms with Crippen LogP contribution in [0.4, 0.5) is 0 Å². The van der Waals surface area contributed by atoms with E-state index < -0.39 is 0 Å². The van der Waals surface area contributed by atoms with Crippen molar-refractivity contribution >= 4 is 27.9 Å². The summed E-state index contributed by atoms with van der Waals surface area (Å²) >= 11 is 3.37. The summed E-state index contributed by atoms with van der Waals surface area (Å²) < 4.78 is 11.8. The van der Waals surface area contributed by atoms with Gasteiger partial charge in [0.2, 0.25) is 5.91 Å². The summed E-state index contributed by atoms with van der Waals surface area (Å²) in [6, 6.07) is 11.2. The maximum absolute atomic E-state index is 11.6. The molecule has 1 aromatic heterocycles. The lowest BCUT2D eigenvalue weighted by molar-refractivity contribution is -0.116. The van der Waals surface area contributed by atoms with Crippen LogP contribution in [0.1, 0.15) is 11.5 Å². The summed E-state index contributed by atoms with van der Waals surface area (Å²) in [6.07, 6.45) is 3.08. The molecule has 0 bridgehead atoms. The third-order valence-corrected chi connectivity index (χ3v) is 3.12. The van der Waals surface area contributed by atoms with Crippen LogP contribution in [0.15, 0.2) is 51.4 Å². The fraction of sp³-hybridized carbons (Fsp3) is 0.188. The average Bonchev–Trinajstić information content (AvgIpc) is 2.87. The zero-order valence-electron chi connectivity index (χ0n) is 11.6. The topological polar surface area (TPSA) is 51.5 Å². The van der Waals surface area contributed by atoms with Gasteiger partial charge in [0, 0.05) is 10.5 Å². The molecule has 110 valence electrons. The molecule has 1 N–H and O–H groups in total. The van der Waals surface area contributed by atoms with E-state index in [1.54, 1.807) is 6.08 Å². The Kier molecular flexibility index (Phi) is 5.63. The van der Waals surface area contributed by atoms with Gasteiger partial charge in [0.25, 0.3) is 0 Å². The van der Waals surface area contributed by atoms with Crippen molar-refractivity contribution in [3.63, 3.8) is 0 Å². The zero-order valence-corrected chi connectivity index (χ0v) is 13.2. The predicted molar refractivity (Wildman–Crippen MR) is 85.1 cm³/mol. The first-order chi connectivity index (χ1) is 10.1. The molecule has 4 nitrogen and oxygen atoms in total. The Morgan fingerprint density at radius 1 is 1.38 bits per heavy atom. The van der Waals surface area contributed by atoms with Crippen LogP contribution in [-0.2, 0) is 4.79 Å². The molecule has 2 aromatic rings. The van der Waals surface area contributed by atoms with Gasteiger partial charge in [0.05, 0.1) is 6.54 Å². The van der Waals surface area contributed by atoms with Crippen molar-refractivity contribution in [2.75, 3.05) is 13.2 Å². The standard InChI is InChI=1S/C16H16BrNO3/c1-12-5-6-14(21-12)7-8-16(19)18-9-10-20-15-4-2-3-13(17)11-15/h2-8,11H,9-10H2,1H3,(H,18,19)/b8-7+. The van der Waals surface area contributed by atoms with Gasteiger partial charge in [-0.25, -0.2) is 0 Å². The third-order valence-electron chi connectivity index (χ3n) is 2.63. The Bertz CT molecular complexity index is 634. The first-order valence-corrected chi connectivity index (χ1v) is 7.33. The van der Waals surface area contributed by atoms with Gasteiger partial charge in [-0.05, 0) is 43.3 Å². The van der Waals surface area contributed by atoms with Crippen LogP contribution in [0.25, 0.3) is 6.08 Å². The minimum atomic E-state index is -0.179. The van der Waals surface area contributed by atoms with Gasteiger partial charge < -0.3 is 14.5 Å². The molecule has 2 rings (SSSR count). The quantitative estimate of drug-likeness (QED) is 0.640. The summed E-state index contributed by atoms with van der Waals surface area (Å²) in [5, 5.41) is 2.74. The van der Waals surface area contributed by atoms with Gasteiger partial charge in [-0.1, -0.05) is 22.0 Å². The van der Waals surface area contributed by atoms with Crippen LogP contribution in [0.3, 0.4) is 0 Å². The Morgan fingerprint density at radius 3 is 2.95 bits per heavy atom. The second-order valence-electron chi connectivity index (χ2n) is 4.38. The van der Waals surface area contributed by atoms with Gasteiger partial charge in [0.1, 0.15) is 23.9 Å². The van der Waals surface area contributed by atoms with Crippen LogP contribution in [0.2, 0.25) is 0 Å². The molecule has 0 atom stereocenters. The largest absolute Gasteiger partial charge is 0.492 e. The summed E-state index contributed by atoms with van der Waals surface area (Å²) in [5.41, 5.74) is 0. The summed E-state index contributed by atoms with van der Waals surface area (Å²) in [4.78, 5) is 11.6. The van der Waals surface area contributed by atoms with Crippen LogP contribution in [0, 0.1) is 6.92 Å². The Morgan fingerprint density at radius 2 is 2.24 bits per heavy atom. The number of hydrogen-bond acceptors (Lipinski definition) is 3. The molecule has 0 aliphatic heterocycles. The Labute approximate surface area is 131 Å². The molecular weight excluding hydrogens is 334 g/mol. The van der Waals surface area contributed by atoms with E-state index in [1.807, 2.05) is 43.3 Å². The second-order valence-corrected chi connectivity index (χ2v) is 5.29.